The maximum Gasteiger partial charge on any atom is 0.312 e. The molecule has 0 saturated heterocycles. The Hall–Kier alpha value is -1.06. The van der Waals surface area contributed by atoms with Gasteiger partial charge in [0.1, 0.15) is 0 Å². The lowest BCUT2D eigenvalue weighted by molar-refractivity contribution is 0.524. The predicted molar refractivity (Wildman–Crippen MR) is 27.8 cm³/mol. The highest BCUT2D eigenvalue weighted by Gasteiger charge is 1.95. The van der Waals surface area contributed by atoms with Crippen LogP contribution < -0.4 is 5.73 Å². The van der Waals surface area contributed by atoms with Gasteiger partial charge in [0, 0.05) is 6.42 Å². The van der Waals surface area contributed by atoms with Crippen LogP contribution in [0.2, 0.25) is 0 Å². The lowest BCUT2D eigenvalue weighted by atomic mass is 10.5. The van der Waals surface area contributed by atoms with Crippen molar-refractivity contribution in [3.8, 4) is 0 Å². The van der Waals surface area contributed by atoms with E-state index in [-0.39, 0.29) is 6.01 Å². The number of aromatic nitrogens is 2. The molecule has 1 rings (SSSR count). The summed E-state index contributed by atoms with van der Waals surface area (Å²) in [4.78, 5) is 0. The van der Waals surface area contributed by atoms with Crippen LogP contribution in [0.15, 0.2) is 4.42 Å². The summed E-state index contributed by atoms with van der Waals surface area (Å²) in [7, 11) is 0. The van der Waals surface area contributed by atoms with Crippen LogP contribution in [0.5, 0.6) is 0 Å². The Kier molecular flexibility index (Phi) is 1.15. The van der Waals surface area contributed by atoms with Gasteiger partial charge in [0.15, 0.2) is 0 Å². The highest BCUT2D eigenvalue weighted by molar-refractivity contribution is 5.04. The molecule has 0 aromatic carbocycles. The number of rotatable bonds is 1. The molecule has 1 heterocycles. The molecule has 0 saturated carbocycles. The molecule has 0 amide bonds. The van der Waals surface area contributed by atoms with Crippen LogP contribution in [0.25, 0.3) is 0 Å². The van der Waals surface area contributed by atoms with Crippen molar-refractivity contribution in [1.82, 2.24) is 10.2 Å². The van der Waals surface area contributed by atoms with Crippen LogP contribution in [0.1, 0.15) is 5.89 Å². The second-order valence-electron chi connectivity index (χ2n) is 1.28. The average Bonchev–Trinajstić information content (AvgIpc) is 2.14. The van der Waals surface area contributed by atoms with Gasteiger partial charge < -0.3 is 10.2 Å². The number of hydrogen-bond donors (Lipinski definition) is 1. The molecule has 0 unspecified atom stereocenters. The van der Waals surface area contributed by atoms with Crippen LogP contribution >= 0.6 is 0 Å². The molecular weight excluding hydrogens is 106 g/mol. The first-order valence-electron chi connectivity index (χ1n) is 2.20. The predicted octanol–water partition coefficient (Wildman–Crippen LogP) is 0.0284. The molecule has 0 spiro atoms. The summed E-state index contributed by atoms with van der Waals surface area (Å²) in [6.07, 6.45) is 0.490. The standard InChI is InChI=1S/C4H6N3O/c1-2-3-6-7-4(5)8-3/h1-2H2,(H2,5,7). The zero-order valence-electron chi connectivity index (χ0n) is 4.29. The average molecular weight is 112 g/mol. The van der Waals surface area contributed by atoms with Crippen LogP contribution in [-0.4, -0.2) is 10.2 Å². The smallest absolute Gasteiger partial charge is 0.312 e. The van der Waals surface area contributed by atoms with Crippen molar-refractivity contribution in [3.63, 3.8) is 0 Å². The third-order valence-electron chi connectivity index (χ3n) is 0.696. The molecule has 1 aromatic heterocycles. The molecule has 0 aliphatic carbocycles. The zero-order chi connectivity index (χ0) is 5.98. The van der Waals surface area contributed by atoms with Crippen LogP contribution in [-0.2, 0) is 6.42 Å². The third kappa shape index (κ3) is 0.776. The van der Waals surface area contributed by atoms with Gasteiger partial charge in [0.2, 0.25) is 5.89 Å². The Morgan fingerprint density at radius 1 is 1.62 bits per heavy atom. The van der Waals surface area contributed by atoms with Crippen molar-refractivity contribution in [2.24, 2.45) is 0 Å². The van der Waals surface area contributed by atoms with E-state index in [9.17, 15) is 0 Å². The van der Waals surface area contributed by atoms with Crippen molar-refractivity contribution < 1.29 is 4.42 Å². The van der Waals surface area contributed by atoms with Gasteiger partial charge in [-0.2, -0.15) is 0 Å². The van der Waals surface area contributed by atoms with Gasteiger partial charge in [0.25, 0.3) is 0 Å². The maximum atomic E-state index is 5.09. The summed E-state index contributed by atoms with van der Waals surface area (Å²) < 4.78 is 4.73. The van der Waals surface area contributed by atoms with Gasteiger partial charge in [-0.3, -0.25) is 0 Å². The monoisotopic (exact) mass is 112 g/mol. The van der Waals surface area contributed by atoms with Crippen molar-refractivity contribution in [3.05, 3.63) is 12.8 Å². The van der Waals surface area contributed by atoms with Crippen molar-refractivity contribution in [2.75, 3.05) is 5.73 Å². The van der Waals surface area contributed by atoms with E-state index in [0.717, 1.165) is 0 Å². The minimum Gasteiger partial charge on any atom is -0.408 e. The lowest BCUT2D eigenvalue weighted by Gasteiger charge is -1.77. The first kappa shape index (κ1) is 5.08. The fourth-order valence-corrected chi connectivity index (χ4v) is 0.368. The highest BCUT2D eigenvalue weighted by Crippen LogP contribution is 1.98. The topological polar surface area (TPSA) is 64.9 Å². The summed E-state index contributed by atoms with van der Waals surface area (Å²) >= 11 is 0. The number of nitrogens with zero attached hydrogens (tertiary/aromatic N) is 2. The van der Waals surface area contributed by atoms with Crippen LogP contribution in [0, 0.1) is 6.92 Å². The van der Waals surface area contributed by atoms with Gasteiger partial charge in [-0.15, -0.1) is 5.10 Å². The largest absolute Gasteiger partial charge is 0.408 e. The summed E-state index contributed by atoms with van der Waals surface area (Å²) in [6, 6.07) is 0.101. The third-order valence-corrected chi connectivity index (χ3v) is 0.696. The Morgan fingerprint density at radius 3 is 2.62 bits per heavy atom. The van der Waals surface area contributed by atoms with Gasteiger partial charge in [-0.25, -0.2) is 0 Å². The van der Waals surface area contributed by atoms with E-state index in [4.69, 9.17) is 10.2 Å². The van der Waals surface area contributed by atoms with E-state index in [1.165, 1.54) is 0 Å². The van der Waals surface area contributed by atoms with Gasteiger partial charge >= 0.3 is 6.01 Å². The Balaban J connectivity index is 2.84. The Labute approximate surface area is 46.7 Å². The molecule has 0 aliphatic rings. The minimum atomic E-state index is 0.101. The first-order valence-corrected chi connectivity index (χ1v) is 2.20. The Bertz CT molecular complexity index is 172. The maximum absolute atomic E-state index is 5.09. The molecule has 0 aliphatic heterocycles. The van der Waals surface area contributed by atoms with E-state index >= 15 is 0 Å². The molecule has 4 heteroatoms. The number of hydrogen-bond acceptors (Lipinski definition) is 4. The summed E-state index contributed by atoms with van der Waals surface area (Å²) in [5.41, 5.74) is 5.09. The van der Waals surface area contributed by atoms with Crippen molar-refractivity contribution in [2.45, 2.75) is 6.42 Å². The molecule has 2 N–H and O–H groups in total. The van der Waals surface area contributed by atoms with Crippen LogP contribution in [0.4, 0.5) is 6.01 Å². The van der Waals surface area contributed by atoms with Crippen molar-refractivity contribution in [1.29, 1.82) is 0 Å². The number of anilines is 1. The van der Waals surface area contributed by atoms with E-state index < -0.39 is 0 Å². The molecular formula is C4H6N3O. The van der Waals surface area contributed by atoms with Crippen molar-refractivity contribution >= 4 is 6.01 Å². The minimum absolute atomic E-state index is 0.101. The fraction of sp³-hybridized carbons (Fsp3) is 0.250. The zero-order valence-corrected chi connectivity index (χ0v) is 4.29. The number of nitrogens with two attached hydrogens (primary N) is 1. The quantitative estimate of drug-likeness (QED) is 0.556. The summed E-state index contributed by atoms with van der Waals surface area (Å²) in [6.45, 7) is 3.52. The lowest BCUT2D eigenvalue weighted by Crippen LogP contribution is -1.81. The summed E-state index contributed by atoms with van der Waals surface area (Å²) in [5.74, 6) is 0.475. The molecule has 43 valence electrons. The molecule has 1 aromatic rings. The number of nitrogen functional groups attached to an aromatic ring is 1. The highest BCUT2D eigenvalue weighted by atomic mass is 16.4. The molecule has 1 radical (unpaired) electrons. The second kappa shape index (κ2) is 1.81. The molecule has 0 fully saturated rings. The molecule has 0 atom stereocenters. The van der Waals surface area contributed by atoms with E-state index in [1.807, 2.05) is 0 Å². The van der Waals surface area contributed by atoms with Gasteiger partial charge in [0.05, 0.1) is 0 Å². The van der Waals surface area contributed by atoms with E-state index in [1.54, 1.807) is 0 Å². The van der Waals surface area contributed by atoms with Gasteiger partial charge in [-0.05, 0) is 6.92 Å². The van der Waals surface area contributed by atoms with Crippen LogP contribution in [0.3, 0.4) is 0 Å². The first-order chi connectivity index (χ1) is 3.83. The van der Waals surface area contributed by atoms with E-state index in [2.05, 4.69) is 17.1 Å². The van der Waals surface area contributed by atoms with E-state index in [0.29, 0.717) is 12.3 Å². The second-order valence-corrected chi connectivity index (χ2v) is 1.28. The Morgan fingerprint density at radius 2 is 2.38 bits per heavy atom. The molecule has 8 heavy (non-hydrogen) atoms. The normalized spacial score (nSPS) is 9.62. The molecule has 0 bridgehead atoms. The fourth-order valence-electron chi connectivity index (χ4n) is 0.368. The molecule has 4 nitrogen and oxygen atoms in total. The van der Waals surface area contributed by atoms with Gasteiger partial charge in [-0.1, -0.05) is 5.10 Å². The SMILES string of the molecule is [CH2]Cc1nnc(N)o1. The summed E-state index contributed by atoms with van der Waals surface area (Å²) in [5, 5.41) is 6.94.